The minimum Gasteiger partial charge on any atom is -0.354 e. The number of halogens is 11. The highest BCUT2D eigenvalue weighted by molar-refractivity contribution is 14.1. The Morgan fingerprint density at radius 3 is 1.45 bits per heavy atom. The van der Waals surface area contributed by atoms with Crippen molar-refractivity contribution < 1.29 is 53.7 Å². The lowest BCUT2D eigenvalue weighted by Crippen LogP contribution is -2.84. The van der Waals surface area contributed by atoms with E-state index in [1.165, 1.54) is 0 Å². The first kappa shape index (κ1) is 20.0. The van der Waals surface area contributed by atoms with Gasteiger partial charge < -0.3 is 9.84 Å². The molecule has 13 heteroatoms. The molecular weight excluding hydrogens is 457 g/mol. The van der Waals surface area contributed by atoms with E-state index in [1.807, 2.05) is 0 Å². The number of ether oxygens (including phenoxy) is 1. The maximum absolute atomic E-state index is 13.9. The van der Waals surface area contributed by atoms with Crippen LogP contribution in [0.1, 0.15) is 13.8 Å². The predicted octanol–water partition coefficient (Wildman–Crippen LogP) is 4.05. The Morgan fingerprint density at radius 2 is 1.18 bits per heavy atom. The highest BCUT2D eigenvalue weighted by Gasteiger charge is 2.92. The third kappa shape index (κ3) is 1.99. The third-order valence-corrected chi connectivity index (χ3v) is 4.84. The molecule has 0 spiro atoms. The Balaban J connectivity index is 3.79. The van der Waals surface area contributed by atoms with Gasteiger partial charge in [-0.05, 0) is 13.8 Å². The van der Waals surface area contributed by atoms with E-state index in [0.717, 1.165) is 0 Å². The van der Waals surface area contributed by atoms with Crippen LogP contribution >= 0.6 is 22.6 Å². The van der Waals surface area contributed by atoms with Crippen LogP contribution in [-0.4, -0.2) is 44.1 Å². The molecule has 0 radical (unpaired) electrons. The predicted molar refractivity (Wildman–Crippen MR) is 58.9 cm³/mol. The monoisotopic (exact) mass is 464 g/mol. The molecule has 22 heavy (non-hydrogen) atoms. The zero-order valence-corrected chi connectivity index (χ0v) is 12.7. The first-order valence-corrected chi connectivity index (χ1v) is 6.29. The zero-order valence-electron chi connectivity index (χ0n) is 10.5. The van der Waals surface area contributed by atoms with Gasteiger partial charge in [-0.3, -0.25) is 0 Å². The summed E-state index contributed by atoms with van der Waals surface area (Å²) in [5.41, 5.74) is -5.00. The van der Waals surface area contributed by atoms with Crippen LogP contribution in [0.15, 0.2) is 0 Å². The maximum atomic E-state index is 13.9. The fourth-order valence-electron chi connectivity index (χ4n) is 1.86. The lowest BCUT2D eigenvalue weighted by atomic mass is 9.76. The van der Waals surface area contributed by atoms with Crippen LogP contribution in [0.3, 0.4) is 0 Å². The Hall–Kier alpha value is -0.0500. The quantitative estimate of drug-likeness (QED) is 0.333. The van der Waals surface area contributed by atoms with Crippen LogP contribution in [0, 0.1) is 0 Å². The summed E-state index contributed by atoms with van der Waals surface area (Å²) < 4.78 is 131. The molecule has 0 aromatic heterocycles. The van der Waals surface area contributed by atoms with Crippen LogP contribution in [0.4, 0.5) is 43.9 Å². The standard InChI is InChI=1S/C9H7F10IO2/c1-3(20)5(10,11)4(2,8(14,15)16)22-7(21,6(3,12)13)9(17,18)19/h21H,1-2H3/t3-,4?,7?/m1/s1. The summed E-state index contributed by atoms with van der Waals surface area (Å²) in [4.78, 5) is 0. The van der Waals surface area contributed by atoms with E-state index in [2.05, 4.69) is 4.74 Å². The molecule has 0 aromatic rings. The second kappa shape index (κ2) is 4.52. The van der Waals surface area contributed by atoms with E-state index in [1.54, 1.807) is 0 Å². The summed E-state index contributed by atoms with van der Waals surface area (Å²) >= 11 is 0.0669. The van der Waals surface area contributed by atoms with Gasteiger partial charge in [-0.15, -0.1) is 0 Å². The molecule has 3 atom stereocenters. The lowest BCUT2D eigenvalue weighted by molar-refractivity contribution is -0.525. The van der Waals surface area contributed by atoms with Crippen LogP contribution in [0.25, 0.3) is 0 Å². The van der Waals surface area contributed by atoms with E-state index in [4.69, 9.17) is 5.11 Å². The van der Waals surface area contributed by atoms with Crippen molar-refractivity contribution in [2.24, 2.45) is 0 Å². The van der Waals surface area contributed by atoms with Gasteiger partial charge in [0, 0.05) is 0 Å². The molecule has 1 fully saturated rings. The van der Waals surface area contributed by atoms with Gasteiger partial charge in [-0.25, -0.2) is 8.78 Å². The average Bonchev–Trinajstić information content (AvgIpc) is 2.23. The van der Waals surface area contributed by atoms with Gasteiger partial charge in [0.25, 0.3) is 0 Å². The summed E-state index contributed by atoms with van der Waals surface area (Å²) in [7, 11) is 0. The van der Waals surface area contributed by atoms with Gasteiger partial charge in [0.15, 0.2) is 3.42 Å². The molecule has 0 aliphatic carbocycles. The van der Waals surface area contributed by atoms with E-state index < -0.39 is 45.9 Å². The fraction of sp³-hybridized carbons (Fsp3) is 1.00. The van der Waals surface area contributed by atoms with Crippen molar-refractivity contribution in [3.8, 4) is 0 Å². The molecule has 2 unspecified atom stereocenters. The molecule has 0 amide bonds. The summed E-state index contributed by atoms with van der Waals surface area (Å²) in [5.74, 6) is -17.0. The van der Waals surface area contributed by atoms with Gasteiger partial charge in [-0.1, -0.05) is 22.6 Å². The number of rotatable bonds is 0. The van der Waals surface area contributed by atoms with E-state index in [-0.39, 0.29) is 29.5 Å². The number of aliphatic hydroxyl groups is 1. The molecule has 0 saturated carbocycles. The summed E-state index contributed by atoms with van der Waals surface area (Å²) in [5, 5.41) is 9.07. The first-order chi connectivity index (χ1) is 9.21. The lowest BCUT2D eigenvalue weighted by Gasteiger charge is -2.57. The largest absolute Gasteiger partial charge is 0.449 e. The molecule has 1 aliphatic rings. The summed E-state index contributed by atoms with van der Waals surface area (Å²) in [6, 6.07) is 0. The van der Waals surface area contributed by atoms with Crippen molar-refractivity contribution in [2.45, 2.75) is 52.9 Å². The maximum Gasteiger partial charge on any atom is 0.449 e. The Morgan fingerprint density at radius 1 is 0.818 bits per heavy atom. The van der Waals surface area contributed by atoms with Gasteiger partial charge in [-0.2, -0.15) is 35.1 Å². The van der Waals surface area contributed by atoms with Gasteiger partial charge in [0.05, 0.1) is 0 Å². The normalized spacial score (nSPS) is 42.3. The molecule has 0 bridgehead atoms. The molecule has 1 aliphatic heterocycles. The number of alkyl halides is 11. The molecule has 1 heterocycles. The van der Waals surface area contributed by atoms with Crippen LogP contribution < -0.4 is 0 Å². The third-order valence-electron chi connectivity index (χ3n) is 3.48. The SMILES string of the molecule is CC1(C(F)(F)F)OC(O)(C(F)(F)F)C(F)(F)[C@](C)(I)C1(F)F. The molecule has 2 nitrogen and oxygen atoms in total. The van der Waals surface area contributed by atoms with E-state index in [0.29, 0.717) is 0 Å². The van der Waals surface area contributed by atoms with Crippen LogP contribution in [0.5, 0.6) is 0 Å². The Labute approximate surface area is 129 Å². The van der Waals surface area contributed by atoms with Gasteiger partial charge in [0.1, 0.15) is 0 Å². The summed E-state index contributed by atoms with van der Waals surface area (Å²) in [6.45, 7) is -0.757. The number of hydrogen-bond donors (Lipinski definition) is 1. The smallest absolute Gasteiger partial charge is 0.354 e. The minimum atomic E-state index is -6.47. The number of hydrogen-bond acceptors (Lipinski definition) is 2. The van der Waals surface area contributed by atoms with Crippen molar-refractivity contribution in [3.05, 3.63) is 0 Å². The van der Waals surface area contributed by atoms with Gasteiger partial charge >= 0.3 is 30.0 Å². The highest BCUT2D eigenvalue weighted by Crippen LogP contribution is 2.67. The van der Waals surface area contributed by atoms with E-state index in [9.17, 15) is 43.9 Å². The average molecular weight is 464 g/mol. The van der Waals surface area contributed by atoms with Crippen LogP contribution in [-0.2, 0) is 4.74 Å². The highest BCUT2D eigenvalue weighted by atomic mass is 127. The van der Waals surface area contributed by atoms with Gasteiger partial charge in [0.2, 0.25) is 5.60 Å². The van der Waals surface area contributed by atoms with Crippen molar-refractivity contribution in [2.75, 3.05) is 0 Å². The minimum absolute atomic E-state index is 0.0669. The van der Waals surface area contributed by atoms with E-state index >= 15 is 0 Å². The second-order valence-corrected chi connectivity index (χ2v) is 7.08. The Kier molecular flexibility index (Phi) is 4.11. The summed E-state index contributed by atoms with van der Waals surface area (Å²) in [6.07, 6.45) is -12.6. The van der Waals surface area contributed by atoms with Crippen LogP contribution in [0.2, 0.25) is 0 Å². The first-order valence-electron chi connectivity index (χ1n) is 5.21. The topological polar surface area (TPSA) is 29.5 Å². The fourth-order valence-corrected chi connectivity index (χ4v) is 2.74. The van der Waals surface area contributed by atoms with Crippen molar-refractivity contribution in [3.63, 3.8) is 0 Å². The zero-order chi connectivity index (χ0) is 18.2. The molecule has 1 N–H and O–H groups in total. The van der Waals surface area contributed by atoms with Crippen molar-refractivity contribution >= 4 is 22.6 Å². The molecule has 132 valence electrons. The molecule has 1 rings (SSSR count). The van der Waals surface area contributed by atoms with Crippen molar-refractivity contribution in [1.29, 1.82) is 0 Å². The molecule has 0 aromatic carbocycles. The Bertz CT molecular complexity index is 430. The second-order valence-electron chi connectivity index (χ2n) is 4.93. The molecule has 1 saturated heterocycles. The van der Waals surface area contributed by atoms with Crippen molar-refractivity contribution in [1.82, 2.24) is 0 Å². The molecular formula is C9H7F10IO2.